The van der Waals surface area contributed by atoms with Gasteiger partial charge in [-0.15, -0.1) is 11.8 Å². The molecule has 0 spiro atoms. The van der Waals surface area contributed by atoms with Crippen LogP contribution >= 0.6 is 11.8 Å². The summed E-state index contributed by atoms with van der Waals surface area (Å²) in [7, 11) is 0. The summed E-state index contributed by atoms with van der Waals surface area (Å²) in [5.74, 6) is -0.0888. The Morgan fingerprint density at radius 3 is 2.05 bits per heavy atom. The smallest absolute Gasteiger partial charge is 0.335 e. The van der Waals surface area contributed by atoms with Crippen molar-refractivity contribution in [2.24, 2.45) is 0 Å². The number of hydrogen-bond donors (Lipinski definition) is 2. The number of carboxylic acids is 1. The van der Waals surface area contributed by atoms with Gasteiger partial charge in [0.2, 0.25) is 0 Å². The van der Waals surface area contributed by atoms with Gasteiger partial charge in [0, 0.05) is 10.6 Å². The van der Waals surface area contributed by atoms with E-state index in [1.807, 2.05) is 36.4 Å². The van der Waals surface area contributed by atoms with E-state index >= 15 is 0 Å². The van der Waals surface area contributed by atoms with Crippen LogP contribution in [0.3, 0.4) is 0 Å². The Morgan fingerprint density at radius 2 is 1.53 bits per heavy atom. The highest BCUT2D eigenvalue weighted by atomic mass is 32.2. The van der Waals surface area contributed by atoms with Crippen LogP contribution in [0.1, 0.15) is 21.5 Å². The average Bonchev–Trinajstić information content (AvgIpc) is 2.46. The average molecular weight is 274 g/mol. The molecule has 2 aromatic rings. The lowest BCUT2D eigenvalue weighted by Crippen LogP contribution is -1.94. The molecule has 0 bridgehead atoms. The molecular weight excluding hydrogens is 260 g/mol. The summed E-state index contributed by atoms with van der Waals surface area (Å²) < 4.78 is 0. The first-order chi connectivity index (χ1) is 9.19. The Labute approximate surface area is 115 Å². The fourth-order valence-electron chi connectivity index (χ4n) is 1.60. The van der Waals surface area contributed by atoms with Crippen molar-refractivity contribution in [3.63, 3.8) is 0 Å². The van der Waals surface area contributed by atoms with E-state index in [2.05, 4.69) is 0 Å². The van der Waals surface area contributed by atoms with Gasteiger partial charge in [0.25, 0.3) is 0 Å². The molecule has 0 saturated heterocycles. The first-order valence-corrected chi connectivity index (χ1v) is 6.82. The third kappa shape index (κ3) is 3.84. The van der Waals surface area contributed by atoms with Crippen LogP contribution < -0.4 is 0 Å². The van der Waals surface area contributed by atoms with Gasteiger partial charge in [-0.05, 0) is 35.4 Å². The number of hydrogen-bond acceptors (Lipinski definition) is 3. The molecule has 0 saturated carbocycles. The monoisotopic (exact) mass is 274 g/mol. The van der Waals surface area contributed by atoms with Gasteiger partial charge in [-0.3, -0.25) is 0 Å². The van der Waals surface area contributed by atoms with E-state index in [1.54, 1.807) is 23.9 Å². The number of aromatic carboxylic acids is 1. The fraction of sp³-hybridized carbons (Fsp3) is 0.133. The zero-order chi connectivity index (χ0) is 13.7. The summed E-state index contributed by atoms with van der Waals surface area (Å²) in [5.41, 5.74) is 2.38. The van der Waals surface area contributed by atoms with Gasteiger partial charge in [0.15, 0.2) is 0 Å². The van der Waals surface area contributed by atoms with E-state index in [9.17, 15) is 4.79 Å². The van der Waals surface area contributed by atoms with Crippen molar-refractivity contribution in [1.29, 1.82) is 0 Å². The van der Waals surface area contributed by atoms with Crippen LogP contribution in [-0.2, 0) is 12.4 Å². The van der Waals surface area contributed by atoms with Gasteiger partial charge in [-0.2, -0.15) is 0 Å². The second-order valence-corrected chi connectivity index (χ2v) is 5.14. The number of rotatable bonds is 5. The van der Waals surface area contributed by atoms with Crippen molar-refractivity contribution in [3.05, 3.63) is 65.2 Å². The Morgan fingerprint density at radius 1 is 0.947 bits per heavy atom. The number of benzene rings is 2. The van der Waals surface area contributed by atoms with E-state index in [4.69, 9.17) is 10.2 Å². The van der Waals surface area contributed by atoms with Crippen LogP contribution in [0.2, 0.25) is 0 Å². The topological polar surface area (TPSA) is 57.5 Å². The van der Waals surface area contributed by atoms with Crippen molar-refractivity contribution in [1.82, 2.24) is 0 Å². The molecule has 4 heteroatoms. The van der Waals surface area contributed by atoms with Crippen molar-refractivity contribution in [3.8, 4) is 0 Å². The molecule has 0 radical (unpaired) electrons. The van der Waals surface area contributed by atoms with Gasteiger partial charge in [-0.25, -0.2) is 4.79 Å². The minimum absolute atomic E-state index is 0.0596. The van der Waals surface area contributed by atoms with E-state index in [0.29, 0.717) is 5.56 Å². The first-order valence-electron chi connectivity index (χ1n) is 5.84. The molecule has 0 aliphatic rings. The molecule has 0 aliphatic carbocycles. The van der Waals surface area contributed by atoms with Crippen molar-refractivity contribution in [2.45, 2.75) is 17.3 Å². The van der Waals surface area contributed by atoms with E-state index < -0.39 is 5.97 Å². The minimum atomic E-state index is -0.906. The number of carboxylic acid groups (broad SMARTS) is 1. The largest absolute Gasteiger partial charge is 0.478 e. The van der Waals surface area contributed by atoms with Crippen LogP contribution in [0, 0.1) is 0 Å². The van der Waals surface area contributed by atoms with Crippen LogP contribution in [-0.4, -0.2) is 16.2 Å². The number of carbonyl (C=O) groups is 1. The highest BCUT2D eigenvalue weighted by Gasteiger charge is 2.02. The van der Waals surface area contributed by atoms with Crippen molar-refractivity contribution in [2.75, 3.05) is 0 Å². The molecule has 98 valence electrons. The van der Waals surface area contributed by atoms with Crippen LogP contribution in [0.5, 0.6) is 0 Å². The summed E-state index contributed by atoms with van der Waals surface area (Å²) in [4.78, 5) is 11.8. The van der Waals surface area contributed by atoms with Crippen LogP contribution in [0.25, 0.3) is 0 Å². The first kappa shape index (κ1) is 13.6. The number of aliphatic hydroxyl groups is 1. The van der Waals surface area contributed by atoms with Crippen LogP contribution in [0.15, 0.2) is 53.4 Å². The summed E-state index contributed by atoms with van der Waals surface area (Å²) in [6.45, 7) is 0.0596. The molecule has 19 heavy (non-hydrogen) atoms. The number of thioether (sulfide) groups is 1. The Kier molecular flexibility index (Phi) is 4.60. The summed E-state index contributed by atoms with van der Waals surface area (Å²) >= 11 is 1.65. The highest BCUT2D eigenvalue weighted by molar-refractivity contribution is 7.98. The summed E-state index contributed by atoms with van der Waals surface area (Å²) in [6.07, 6.45) is 0. The molecule has 0 atom stereocenters. The lowest BCUT2D eigenvalue weighted by molar-refractivity contribution is 0.0697. The van der Waals surface area contributed by atoms with Gasteiger partial charge >= 0.3 is 5.97 Å². The van der Waals surface area contributed by atoms with Gasteiger partial charge in [0.05, 0.1) is 12.2 Å². The zero-order valence-corrected chi connectivity index (χ0v) is 11.1. The molecule has 0 heterocycles. The minimum Gasteiger partial charge on any atom is -0.478 e. The Balaban J connectivity index is 1.95. The molecule has 0 aromatic heterocycles. The van der Waals surface area contributed by atoms with Crippen LogP contribution in [0.4, 0.5) is 0 Å². The maximum atomic E-state index is 10.7. The van der Waals surface area contributed by atoms with E-state index in [1.165, 1.54) is 5.56 Å². The molecule has 2 rings (SSSR count). The zero-order valence-electron chi connectivity index (χ0n) is 10.2. The molecule has 0 fully saturated rings. The predicted molar refractivity (Wildman–Crippen MR) is 75.3 cm³/mol. The summed E-state index contributed by atoms with van der Waals surface area (Å²) in [6, 6.07) is 14.6. The SMILES string of the molecule is O=C(O)c1ccc(SCc2ccc(CO)cc2)cc1. The molecule has 2 aromatic carbocycles. The van der Waals surface area contributed by atoms with Gasteiger partial charge in [0.1, 0.15) is 0 Å². The second kappa shape index (κ2) is 6.41. The van der Waals surface area contributed by atoms with E-state index in [-0.39, 0.29) is 6.61 Å². The van der Waals surface area contributed by atoms with Gasteiger partial charge < -0.3 is 10.2 Å². The molecule has 0 unspecified atom stereocenters. The maximum Gasteiger partial charge on any atom is 0.335 e. The van der Waals surface area contributed by atoms with E-state index in [0.717, 1.165) is 16.2 Å². The standard InChI is InChI=1S/C15H14O3S/c16-9-11-1-3-12(4-2-11)10-19-14-7-5-13(6-8-14)15(17)18/h1-8,16H,9-10H2,(H,17,18). The summed E-state index contributed by atoms with van der Waals surface area (Å²) in [5, 5.41) is 17.8. The van der Waals surface area contributed by atoms with Gasteiger partial charge in [-0.1, -0.05) is 24.3 Å². The lowest BCUT2D eigenvalue weighted by Gasteiger charge is -2.03. The molecular formula is C15H14O3S. The molecule has 3 nitrogen and oxygen atoms in total. The Hall–Kier alpha value is -1.78. The Bertz CT molecular complexity index is 547. The molecule has 2 N–H and O–H groups in total. The normalized spacial score (nSPS) is 10.4. The lowest BCUT2D eigenvalue weighted by atomic mass is 10.2. The quantitative estimate of drug-likeness (QED) is 0.822. The fourth-order valence-corrected chi connectivity index (χ4v) is 2.46. The molecule has 0 amide bonds. The molecule has 0 aliphatic heterocycles. The third-order valence-electron chi connectivity index (χ3n) is 2.71. The van der Waals surface area contributed by atoms with Crippen molar-refractivity contribution >= 4 is 17.7 Å². The number of aliphatic hydroxyl groups excluding tert-OH is 1. The second-order valence-electron chi connectivity index (χ2n) is 4.09. The van der Waals surface area contributed by atoms with Crippen molar-refractivity contribution < 1.29 is 15.0 Å². The highest BCUT2D eigenvalue weighted by Crippen LogP contribution is 2.23. The maximum absolute atomic E-state index is 10.7. The third-order valence-corrected chi connectivity index (χ3v) is 3.80. The predicted octanol–water partition coefficient (Wildman–Crippen LogP) is 3.17.